The summed E-state index contributed by atoms with van der Waals surface area (Å²) >= 11 is 0. The summed E-state index contributed by atoms with van der Waals surface area (Å²) in [6.45, 7) is 7.77. The highest BCUT2D eigenvalue weighted by molar-refractivity contribution is 5.88. The van der Waals surface area contributed by atoms with Crippen LogP contribution in [0.4, 0.5) is 28.8 Å². The second kappa shape index (κ2) is 8.52. The highest BCUT2D eigenvalue weighted by Crippen LogP contribution is 2.22. The second-order valence-corrected chi connectivity index (χ2v) is 7.00. The number of benzene rings is 2. The number of hydrogen-bond acceptors (Lipinski definition) is 5. The van der Waals surface area contributed by atoms with Crippen LogP contribution in [0.1, 0.15) is 37.9 Å². The maximum absolute atomic E-state index is 11.1. The number of anilines is 5. The van der Waals surface area contributed by atoms with Gasteiger partial charge in [-0.1, -0.05) is 26.0 Å². The van der Waals surface area contributed by atoms with Gasteiger partial charge >= 0.3 is 0 Å². The Balaban J connectivity index is 1.73. The summed E-state index contributed by atoms with van der Waals surface area (Å²) in [6, 6.07) is 17.7. The average Bonchev–Trinajstić information content (AvgIpc) is 2.63. The zero-order valence-corrected chi connectivity index (χ0v) is 16.6. The van der Waals surface area contributed by atoms with Crippen molar-refractivity contribution in [2.75, 3.05) is 16.0 Å². The SMILES string of the molecule is CC(=O)Nc1ccc(Nc2nc(C)cc(Nc3ccc(C(C)C)cc3)n2)cc1. The molecule has 28 heavy (non-hydrogen) atoms. The van der Waals surface area contributed by atoms with E-state index < -0.39 is 0 Å². The van der Waals surface area contributed by atoms with Gasteiger partial charge in [0, 0.05) is 35.7 Å². The van der Waals surface area contributed by atoms with Gasteiger partial charge < -0.3 is 16.0 Å². The van der Waals surface area contributed by atoms with Crippen LogP contribution in [0.25, 0.3) is 0 Å². The molecule has 0 saturated carbocycles. The smallest absolute Gasteiger partial charge is 0.229 e. The molecule has 0 saturated heterocycles. The van der Waals surface area contributed by atoms with E-state index in [9.17, 15) is 4.79 Å². The van der Waals surface area contributed by atoms with Crippen LogP contribution in [0.5, 0.6) is 0 Å². The van der Waals surface area contributed by atoms with E-state index in [-0.39, 0.29) is 5.91 Å². The van der Waals surface area contributed by atoms with Gasteiger partial charge in [0.25, 0.3) is 0 Å². The number of rotatable bonds is 6. The van der Waals surface area contributed by atoms with Crippen molar-refractivity contribution in [1.29, 1.82) is 0 Å². The normalized spacial score (nSPS) is 10.6. The molecule has 0 radical (unpaired) electrons. The number of nitrogens with zero attached hydrogens (tertiary/aromatic N) is 2. The van der Waals surface area contributed by atoms with Gasteiger partial charge in [0.15, 0.2) is 0 Å². The first-order valence-electron chi connectivity index (χ1n) is 9.26. The maximum atomic E-state index is 11.1. The van der Waals surface area contributed by atoms with E-state index in [1.54, 1.807) is 0 Å². The first-order valence-corrected chi connectivity index (χ1v) is 9.26. The molecule has 0 spiro atoms. The zero-order chi connectivity index (χ0) is 20.1. The van der Waals surface area contributed by atoms with E-state index in [1.807, 2.05) is 37.3 Å². The van der Waals surface area contributed by atoms with Crippen LogP contribution in [0.15, 0.2) is 54.6 Å². The molecule has 3 aromatic rings. The number of carbonyl (C=O) groups excluding carboxylic acids is 1. The van der Waals surface area contributed by atoms with Crippen molar-refractivity contribution in [1.82, 2.24) is 9.97 Å². The van der Waals surface area contributed by atoms with Gasteiger partial charge in [0.05, 0.1) is 0 Å². The van der Waals surface area contributed by atoms with E-state index in [0.29, 0.717) is 11.9 Å². The van der Waals surface area contributed by atoms with Crippen LogP contribution < -0.4 is 16.0 Å². The zero-order valence-electron chi connectivity index (χ0n) is 16.6. The van der Waals surface area contributed by atoms with Crippen molar-refractivity contribution in [3.05, 3.63) is 65.9 Å². The quantitative estimate of drug-likeness (QED) is 0.541. The van der Waals surface area contributed by atoms with Crippen LogP contribution >= 0.6 is 0 Å². The van der Waals surface area contributed by atoms with Gasteiger partial charge in [-0.25, -0.2) is 4.98 Å². The molecule has 2 aromatic carbocycles. The Morgan fingerprint density at radius 2 is 1.43 bits per heavy atom. The molecule has 0 bridgehead atoms. The van der Waals surface area contributed by atoms with E-state index in [0.717, 1.165) is 28.6 Å². The van der Waals surface area contributed by atoms with Crippen LogP contribution in [-0.2, 0) is 4.79 Å². The Morgan fingerprint density at radius 3 is 2.04 bits per heavy atom. The Bertz CT molecular complexity index is 950. The average molecular weight is 375 g/mol. The van der Waals surface area contributed by atoms with Crippen LogP contribution in [-0.4, -0.2) is 15.9 Å². The second-order valence-electron chi connectivity index (χ2n) is 7.00. The molecule has 6 heteroatoms. The van der Waals surface area contributed by atoms with Crippen molar-refractivity contribution in [2.45, 2.75) is 33.6 Å². The molecule has 0 atom stereocenters. The predicted molar refractivity (Wildman–Crippen MR) is 115 cm³/mol. The van der Waals surface area contributed by atoms with Crippen LogP contribution in [0, 0.1) is 6.92 Å². The van der Waals surface area contributed by atoms with Gasteiger partial charge in [-0.05, 0) is 54.8 Å². The number of carbonyl (C=O) groups is 1. The lowest BCUT2D eigenvalue weighted by Gasteiger charge is -2.11. The molecule has 0 aliphatic rings. The summed E-state index contributed by atoms with van der Waals surface area (Å²) in [6.07, 6.45) is 0. The molecule has 3 N–H and O–H groups in total. The number of aromatic nitrogens is 2. The molecule has 3 rings (SSSR count). The molecular formula is C22H25N5O. The fourth-order valence-electron chi connectivity index (χ4n) is 2.76. The Morgan fingerprint density at radius 1 is 0.857 bits per heavy atom. The summed E-state index contributed by atoms with van der Waals surface area (Å²) < 4.78 is 0. The molecule has 6 nitrogen and oxygen atoms in total. The fraction of sp³-hybridized carbons (Fsp3) is 0.227. The van der Waals surface area contributed by atoms with Gasteiger partial charge in [-0.15, -0.1) is 0 Å². The summed E-state index contributed by atoms with van der Waals surface area (Å²) in [5, 5.41) is 9.27. The molecule has 1 amide bonds. The van der Waals surface area contributed by atoms with E-state index >= 15 is 0 Å². The van der Waals surface area contributed by atoms with Gasteiger partial charge in [0.2, 0.25) is 11.9 Å². The van der Waals surface area contributed by atoms with Crippen molar-refractivity contribution in [3.8, 4) is 0 Å². The minimum Gasteiger partial charge on any atom is -0.340 e. The third-order valence-corrected chi connectivity index (χ3v) is 4.17. The standard InChI is InChI=1S/C22H25N5O/c1-14(2)17-5-7-19(8-6-17)25-21-13-15(3)23-22(27-21)26-20-11-9-18(10-12-20)24-16(4)28/h5-14H,1-4H3,(H,24,28)(H2,23,25,26,27). The Labute approximate surface area is 165 Å². The van der Waals surface area contributed by atoms with Crippen LogP contribution in [0.2, 0.25) is 0 Å². The minimum atomic E-state index is -0.0973. The summed E-state index contributed by atoms with van der Waals surface area (Å²) in [5.74, 6) is 1.64. The molecule has 0 aliphatic heterocycles. The lowest BCUT2D eigenvalue weighted by Crippen LogP contribution is -2.06. The molecule has 0 unspecified atom stereocenters. The van der Waals surface area contributed by atoms with Gasteiger partial charge in [-0.2, -0.15) is 4.98 Å². The Hall–Kier alpha value is -3.41. The lowest BCUT2D eigenvalue weighted by atomic mass is 10.0. The molecule has 1 aromatic heterocycles. The first-order chi connectivity index (χ1) is 13.4. The Kier molecular flexibility index (Phi) is 5.89. The maximum Gasteiger partial charge on any atom is 0.229 e. The fourth-order valence-corrected chi connectivity index (χ4v) is 2.76. The van der Waals surface area contributed by atoms with E-state index in [1.165, 1.54) is 12.5 Å². The molecule has 0 aliphatic carbocycles. The summed E-state index contributed by atoms with van der Waals surface area (Å²) in [4.78, 5) is 20.1. The lowest BCUT2D eigenvalue weighted by molar-refractivity contribution is -0.114. The van der Waals surface area contributed by atoms with Crippen molar-refractivity contribution in [3.63, 3.8) is 0 Å². The molecule has 144 valence electrons. The third-order valence-electron chi connectivity index (χ3n) is 4.17. The molecule has 0 fully saturated rings. The van der Waals surface area contributed by atoms with Crippen LogP contribution in [0.3, 0.4) is 0 Å². The van der Waals surface area contributed by atoms with E-state index in [2.05, 4.69) is 64.0 Å². The monoisotopic (exact) mass is 375 g/mol. The van der Waals surface area contributed by atoms with E-state index in [4.69, 9.17) is 0 Å². The summed E-state index contributed by atoms with van der Waals surface area (Å²) in [5.41, 5.74) is 4.72. The molecular weight excluding hydrogens is 350 g/mol. The first kappa shape index (κ1) is 19.4. The van der Waals surface area contributed by atoms with Crippen molar-refractivity contribution < 1.29 is 4.79 Å². The third kappa shape index (κ3) is 5.30. The number of aryl methyl sites for hydroxylation is 1. The number of nitrogens with one attached hydrogen (secondary N) is 3. The van der Waals surface area contributed by atoms with Gasteiger partial charge in [0.1, 0.15) is 5.82 Å². The topological polar surface area (TPSA) is 78.9 Å². The predicted octanol–water partition coefficient (Wildman–Crippen LogP) is 5.35. The largest absolute Gasteiger partial charge is 0.340 e. The number of hydrogen-bond donors (Lipinski definition) is 3. The highest BCUT2D eigenvalue weighted by atomic mass is 16.1. The highest BCUT2D eigenvalue weighted by Gasteiger charge is 2.05. The summed E-state index contributed by atoms with van der Waals surface area (Å²) in [7, 11) is 0. The molecule has 1 heterocycles. The van der Waals surface area contributed by atoms with Crippen molar-refractivity contribution in [2.24, 2.45) is 0 Å². The minimum absolute atomic E-state index is 0.0973. The van der Waals surface area contributed by atoms with Crippen molar-refractivity contribution >= 4 is 34.7 Å². The van der Waals surface area contributed by atoms with Gasteiger partial charge in [-0.3, -0.25) is 4.79 Å². The number of amides is 1.